The fraction of sp³-hybridized carbons (Fsp3) is 0.389. The van der Waals surface area contributed by atoms with Crippen LogP contribution in [-0.4, -0.2) is 29.1 Å². The van der Waals surface area contributed by atoms with Crippen molar-refractivity contribution in [2.24, 2.45) is 0 Å². The number of nitrogens with zero attached hydrogens (tertiary/aromatic N) is 3. The molecule has 1 aliphatic heterocycles. The van der Waals surface area contributed by atoms with E-state index in [1.807, 2.05) is 44.2 Å². The zero-order valence-corrected chi connectivity index (χ0v) is 14.2. The SMILES string of the molecule is Cc1cc(N2CCCC2)nc(CNC(=O)Nc2ccccc2C)n1. The van der Waals surface area contributed by atoms with Crippen molar-refractivity contribution in [3.63, 3.8) is 0 Å². The first kappa shape index (κ1) is 16.2. The average Bonchev–Trinajstić information content (AvgIpc) is 3.09. The lowest BCUT2D eigenvalue weighted by molar-refractivity contribution is 0.251. The van der Waals surface area contributed by atoms with Gasteiger partial charge >= 0.3 is 6.03 Å². The van der Waals surface area contributed by atoms with Gasteiger partial charge in [0, 0.05) is 30.5 Å². The van der Waals surface area contributed by atoms with E-state index in [0.717, 1.165) is 35.9 Å². The highest BCUT2D eigenvalue weighted by atomic mass is 16.2. The van der Waals surface area contributed by atoms with Gasteiger partial charge in [0.25, 0.3) is 0 Å². The molecule has 1 fully saturated rings. The summed E-state index contributed by atoms with van der Waals surface area (Å²) in [6.07, 6.45) is 2.41. The normalized spacial score (nSPS) is 13.8. The third-order valence-electron chi connectivity index (χ3n) is 4.12. The summed E-state index contributed by atoms with van der Waals surface area (Å²) in [4.78, 5) is 23.4. The number of aryl methyl sites for hydroxylation is 2. The number of anilines is 2. The molecule has 1 aliphatic rings. The highest BCUT2D eigenvalue weighted by Gasteiger charge is 2.15. The summed E-state index contributed by atoms with van der Waals surface area (Å²) >= 11 is 0. The Labute approximate surface area is 142 Å². The summed E-state index contributed by atoms with van der Waals surface area (Å²) in [6.45, 7) is 6.30. The Morgan fingerprint density at radius 3 is 2.67 bits per heavy atom. The van der Waals surface area contributed by atoms with E-state index in [4.69, 9.17) is 0 Å². The molecule has 1 aromatic carbocycles. The first-order valence-electron chi connectivity index (χ1n) is 8.32. The second kappa shape index (κ2) is 7.29. The number of hydrogen-bond acceptors (Lipinski definition) is 4. The topological polar surface area (TPSA) is 70.2 Å². The van der Waals surface area contributed by atoms with Crippen molar-refractivity contribution in [2.75, 3.05) is 23.3 Å². The smallest absolute Gasteiger partial charge is 0.319 e. The Bertz CT molecular complexity index is 725. The molecule has 126 valence electrons. The summed E-state index contributed by atoms with van der Waals surface area (Å²) in [5.74, 6) is 1.59. The number of hydrogen-bond donors (Lipinski definition) is 2. The predicted octanol–water partition coefficient (Wildman–Crippen LogP) is 3.02. The molecule has 0 unspecified atom stereocenters. The van der Waals surface area contributed by atoms with Crippen LogP contribution in [0, 0.1) is 13.8 Å². The van der Waals surface area contributed by atoms with Gasteiger partial charge in [0.2, 0.25) is 0 Å². The Kier molecular flexibility index (Phi) is 4.93. The van der Waals surface area contributed by atoms with Gasteiger partial charge in [0.1, 0.15) is 11.6 Å². The maximum atomic E-state index is 12.1. The second-order valence-corrected chi connectivity index (χ2v) is 6.10. The first-order chi connectivity index (χ1) is 11.6. The maximum absolute atomic E-state index is 12.1. The molecule has 6 heteroatoms. The lowest BCUT2D eigenvalue weighted by atomic mass is 10.2. The molecule has 2 amide bonds. The maximum Gasteiger partial charge on any atom is 0.319 e. The van der Waals surface area contributed by atoms with Crippen molar-refractivity contribution in [1.29, 1.82) is 0 Å². The Morgan fingerprint density at radius 1 is 1.17 bits per heavy atom. The van der Waals surface area contributed by atoms with Crippen LogP contribution in [0.4, 0.5) is 16.3 Å². The number of aromatic nitrogens is 2. The van der Waals surface area contributed by atoms with Crippen LogP contribution < -0.4 is 15.5 Å². The molecule has 2 aromatic rings. The number of nitrogens with one attached hydrogen (secondary N) is 2. The molecule has 2 heterocycles. The standard InChI is InChI=1S/C18H23N5O/c1-13-7-3-4-8-15(13)21-18(24)19-12-16-20-14(2)11-17(22-16)23-9-5-6-10-23/h3-4,7-8,11H,5-6,9-10,12H2,1-2H3,(H2,19,21,24). The molecule has 3 rings (SSSR count). The van der Waals surface area contributed by atoms with Crippen molar-refractivity contribution in [3.8, 4) is 0 Å². The predicted molar refractivity (Wildman–Crippen MR) is 95.3 cm³/mol. The number of benzene rings is 1. The van der Waals surface area contributed by atoms with Crippen molar-refractivity contribution >= 4 is 17.5 Å². The van der Waals surface area contributed by atoms with Crippen LogP contribution in [0.1, 0.15) is 29.9 Å². The number of carbonyl (C=O) groups excluding carboxylic acids is 1. The quantitative estimate of drug-likeness (QED) is 0.906. The minimum atomic E-state index is -0.253. The first-order valence-corrected chi connectivity index (χ1v) is 8.32. The van der Waals surface area contributed by atoms with Crippen molar-refractivity contribution in [2.45, 2.75) is 33.2 Å². The molecule has 0 saturated carbocycles. The monoisotopic (exact) mass is 325 g/mol. The molecule has 1 saturated heterocycles. The minimum absolute atomic E-state index is 0.253. The number of para-hydroxylation sites is 1. The van der Waals surface area contributed by atoms with Gasteiger partial charge in [-0.2, -0.15) is 0 Å². The van der Waals surface area contributed by atoms with Crippen LogP contribution in [0.3, 0.4) is 0 Å². The molecular formula is C18H23N5O. The van der Waals surface area contributed by atoms with E-state index in [1.54, 1.807) is 0 Å². The molecule has 0 atom stereocenters. The zero-order valence-electron chi connectivity index (χ0n) is 14.2. The number of urea groups is 1. The number of amides is 2. The fourth-order valence-corrected chi connectivity index (χ4v) is 2.84. The fourth-order valence-electron chi connectivity index (χ4n) is 2.84. The summed E-state index contributed by atoms with van der Waals surface area (Å²) < 4.78 is 0. The van der Waals surface area contributed by atoms with Crippen molar-refractivity contribution in [1.82, 2.24) is 15.3 Å². The van der Waals surface area contributed by atoms with Crippen LogP contribution >= 0.6 is 0 Å². The van der Waals surface area contributed by atoms with E-state index in [0.29, 0.717) is 12.4 Å². The van der Waals surface area contributed by atoms with E-state index in [1.165, 1.54) is 12.8 Å². The van der Waals surface area contributed by atoms with Gasteiger partial charge in [-0.3, -0.25) is 0 Å². The van der Waals surface area contributed by atoms with E-state index in [9.17, 15) is 4.79 Å². The highest BCUT2D eigenvalue weighted by Crippen LogP contribution is 2.18. The lowest BCUT2D eigenvalue weighted by Crippen LogP contribution is -2.29. The molecule has 0 spiro atoms. The van der Waals surface area contributed by atoms with E-state index in [-0.39, 0.29) is 6.03 Å². The summed E-state index contributed by atoms with van der Waals surface area (Å²) in [5.41, 5.74) is 2.75. The highest BCUT2D eigenvalue weighted by molar-refractivity contribution is 5.89. The summed E-state index contributed by atoms with van der Waals surface area (Å²) in [6, 6.07) is 9.43. The average molecular weight is 325 g/mol. The van der Waals surface area contributed by atoms with Gasteiger partial charge in [0.15, 0.2) is 0 Å². The van der Waals surface area contributed by atoms with Gasteiger partial charge in [-0.25, -0.2) is 14.8 Å². The molecule has 2 N–H and O–H groups in total. The minimum Gasteiger partial charge on any atom is -0.357 e. The summed E-state index contributed by atoms with van der Waals surface area (Å²) in [7, 11) is 0. The van der Waals surface area contributed by atoms with Crippen LogP contribution in [-0.2, 0) is 6.54 Å². The second-order valence-electron chi connectivity index (χ2n) is 6.10. The molecule has 24 heavy (non-hydrogen) atoms. The zero-order chi connectivity index (χ0) is 16.9. The lowest BCUT2D eigenvalue weighted by Gasteiger charge is -2.17. The van der Waals surface area contributed by atoms with Gasteiger partial charge < -0.3 is 15.5 Å². The van der Waals surface area contributed by atoms with Crippen LogP contribution in [0.5, 0.6) is 0 Å². The van der Waals surface area contributed by atoms with Gasteiger partial charge in [-0.15, -0.1) is 0 Å². The molecule has 0 aliphatic carbocycles. The van der Waals surface area contributed by atoms with E-state index >= 15 is 0 Å². The van der Waals surface area contributed by atoms with Crippen molar-refractivity contribution in [3.05, 3.63) is 47.4 Å². The van der Waals surface area contributed by atoms with Crippen LogP contribution in [0.2, 0.25) is 0 Å². The van der Waals surface area contributed by atoms with Crippen LogP contribution in [0.25, 0.3) is 0 Å². The number of rotatable bonds is 4. The van der Waals surface area contributed by atoms with Gasteiger partial charge in [0.05, 0.1) is 6.54 Å². The Hall–Kier alpha value is -2.63. The third-order valence-corrected chi connectivity index (χ3v) is 4.12. The molecule has 0 radical (unpaired) electrons. The Morgan fingerprint density at radius 2 is 1.92 bits per heavy atom. The van der Waals surface area contributed by atoms with Gasteiger partial charge in [-0.05, 0) is 38.3 Å². The number of carbonyl (C=O) groups is 1. The van der Waals surface area contributed by atoms with E-state index < -0.39 is 0 Å². The third kappa shape index (κ3) is 4.01. The largest absolute Gasteiger partial charge is 0.357 e. The van der Waals surface area contributed by atoms with Crippen molar-refractivity contribution < 1.29 is 4.79 Å². The Balaban J connectivity index is 1.61. The van der Waals surface area contributed by atoms with Gasteiger partial charge in [-0.1, -0.05) is 18.2 Å². The molecule has 6 nitrogen and oxygen atoms in total. The molecule has 1 aromatic heterocycles. The van der Waals surface area contributed by atoms with Crippen LogP contribution in [0.15, 0.2) is 30.3 Å². The summed E-state index contributed by atoms with van der Waals surface area (Å²) in [5, 5.41) is 5.67. The van der Waals surface area contributed by atoms with E-state index in [2.05, 4.69) is 25.5 Å². The molecule has 0 bridgehead atoms. The molecular weight excluding hydrogens is 302 g/mol.